The summed E-state index contributed by atoms with van der Waals surface area (Å²) in [5.74, 6) is -0.0315. The summed E-state index contributed by atoms with van der Waals surface area (Å²) in [5.41, 5.74) is 0.547. The van der Waals surface area contributed by atoms with Gasteiger partial charge < -0.3 is 14.9 Å². The Morgan fingerprint density at radius 2 is 1.35 bits per heavy atom. The molecule has 122 valence electrons. The second kappa shape index (κ2) is 7.18. The standard InChI is InChI=1S/C19H22O4/c1-3-13-23-18(22)19(4-2,14-5-9-16(20)10-6-14)15-7-11-17(21)12-8-15/h5-12,20-21H,3-4,13H2,1-2H3. The fourth-order valence-corrected chi connectivity index (χ4v) is 2.76. The highest BCUT2D eigenvalue weighted by Gasteiger charge is 2.42. The molecule has 0 fully saturated rings. The molecule has 0 aromatic heterocycles. The average molecular weight is 314 g/mol. The number of ether oxygens (including phenoxy) is 1. The van der Waals surface area contributed by atoms with Crippen LogP contribution < -0.4 is 0 Å². The fraction of sp³-hybridized carbons (Fsp3) is 0.316. The fourth-order valence-electron chi connectivity index (χ4n) is 2.76. The molecule has 0 heterocycles. The molecule has 4 heteroatoms. The normalized spacial score (nSPS) is 11.2. The molecule has 0 atom stereocenters. The topological polar surface area (TPSA) is 66.8 Å². The Bertz CT molecular complexity index is 599. The Morgan fingerprint density at radius 3 is 1.70 bits per heavy atom. The zero-order valence-electron chi connectivity index (χ0n) is 13.5. The third-order valence-electron chi connectivity index (χ3n) is 4.04. The molecule has 0 aliphatic carbocycles. The second-order valence-corrected chi connectivity index (χ2v) is 5.49. The van der Waals surface area contributed by atoms with Crippen LogP contribution in [0.3, 0.4) is 0 Å². The Labute approximate surface area is 136 Å². The highest BCUT2D eigenvalue weighted by atomic mass is 16.5. The highest BCUT2D eigenvalue weighted by Crippen LogP contribution is 2.38. The molecule has 4 nitrogen and oxygen atoms in total. The lowest BCUT2D eigenvalue weighted by Gasteiger charge is -2.31. The first kappa shape index (κ1) is 16.9. The van der Waals surface area contributed by atoms with Gasteiger partial charge in [-0.3, -0.25) is 4.79 Å². The lowest BCUT2D eigenvalue weighted by Crippen LogP contribution is -2.38. The van der Waals surface area contributed by atoms with E-state index in [9.17, 15) is 15.0 Å². The molecule has 0 aliphatic heterocycles. The van der Waals surface area contributed by atoms with Crippen LogP contribution in [0.4, 0.5) is 0 Å². The zero-order chi connectivity index (χ0) is 16.9. The van der Waals surface area contributed by atoms with Crippen LogP contribution in [0.1, 0.15) is 37.8 Å². The van der Waals surface area contributed by atoms with Crippen LogP contribution >= 0.6 is 0 Å². The number of hydrogen-bond donors (Lipinski definition) is 2. The molecule has 0 saturated heterocycles. The summed E-state index contributed by atoms with van der Waals surface area (Å²) >= 11 is 0. The number of benzene rings is 2. The third kappa shape index (κ3) is 3.31. The average Bonchev–Trinajstić information content (AvgIpc) is 2.57. The molecule has 0 saturated carbocycles. The van der Waals surface area contributed by atoms with Gasteiger partial charge in [0.1, 0.15) is 16.9 Å². The third-order valence-corrected chi connectivity index (χ3v) is 4.04. The van der Waals surface area contributed by atoms with E-state index in [1.165, 1.54) is 0 Å². The van der Waals surface area contributed by atoms with Crippen molar-refractivity contribution >= 4 is 5.97 Å². The van der Waals surface area contributed by atoms with E-state index < -0.39 is 5.41 Å². The molecule has 2 aromatic rings. The first-order valence-electron chi connectivity index (χ1n) is 7.80. The molecule has 2 aromatic carbocycles. The molecule has 0 radical (unpaired) electrons. The minimum absolute atomic E-state index is 0.145. The van der Waals surface area contributed by atoms with Gasteiger partial charge in [0.2, 0.25) is 0 Å². The largest absolute Gasteiger partial charge is 0.508 e. The van der Waals surface area contributed by atoms with Crippen molar-refractivity contribution in [2.75, 3.05) is 6.61 Å². The second-order valence-electron chi connectivity index (χ2n) is 5.49. The van der Waals surface area contributed by atoms with E-state index >= 15 is 0 Å². The van der Waals surface area contributed by atoms with Crippen molar-refractivity contribution in [1.29, 1.82) is 0 Å². The van der Waals surface area contributed by atoms with Gasteiger partial charge >= 0.3 is 5.97 Å². The predicted molar refractivity (Wildman–Crippen MR) is 88.5 cm³/mol. The van der Waals surface area contributed by atoms with E-state index in [1.807, 2.05) is 13.8 Å². The van der Waals surface area contributed by atoms with E-state index in [1.54, 1.807) is 48.5 Å². The molecule has 2 rings (SSSR count). The van der Waals surface area contributed by atoms with Gasteiger partial charge in [-0.2, -0.15) is 0 Å². The summed E-state index contributed by atoms with van der Waals surface area (Å²) in [4.78, 5) is 12.9. The van der Waals surface area contributed by atoms with Crippen molar-refractivity contribution in [3.05, 3.63) is 59.7 Å². The maximum Gasteiger partial charge on any atom is 0.321 e. The van der Waals surface area contributed by atoms with E-state index in [0.717, 1.165) is 17.5 Å². The molecule has 0 bridgehead atoms. The van der Waals surface area contributed by atoms with Crippen molar-refractivity contribution < 1.29 is 19.7 Å². The van der Waals surface area contributed by atoms with E-state index in [-0.39, 0.29) is 17.5 Å². The number of aromatic hydroxyl groups is 2. The van der Waals surface area contributed by atoms with Gasteiger partial charge in [0, 0.05) is 0 Å². The van der Waals surface area contributed by atoms with Crippen LogP contribution in [0.5, 0.6) is 11.5 Å². The number of hydrogen-bond acceptors (Lipinski definition) is 4. The summed E-state index contributed by atoms with van der Waals surface area (Å²) in [6.07, 6.45) is 1.25. The van der Waals surface area contributed by atoms with Crippen molar-refractivity contribution in [2.24, 2.45) is 0 Å². The molecule has 0 unspecified atom stereocenters. The van der Waals surface area contributed by atoms with Crippen LogP contribution in [-0.4, -0.2) is 22.8 Å². The number of carbonyl (C=O) groups is 1. The van der Waals surface area contributed by atoms with Gasteiger partial charge in [-0.15, -0.1) is 0 Å². The Morgan fingerprint density at radius 1 is 0.913 bits per heavy atom. The molecular formula is C19H22O4. The number of phenols is 2. The summed E-state index contributed by atoms with van der Waals surface area (Å²) in [7, 11) is 0. The smallest absolute Gasteiger partial charge is 0.321 e. The van der Waals surface area contributed by atoms with E-state index in [4.69, 9.17) is 4.74 Å². The first-order valence-corrected chi connectivity index (χ1v) is 7.80. The maximum atomic E-state index is 12.9. The molecular weight excluding hydrogens is 292 g/mol. The van der Waals surface area contributed by atoms with Crippen LogP contribution in [0.15, 0.2) is 48.5 Å². The van der Waals surface area contributed by atoms with Gasteiger partial charge in [-0.25, -0.2) is 0 Å². The van der Waals surface area contributed by atoms with Gasteiger partial charge in [0.25, 0.3) is 0 Å². The molecule has 0 aliphatic rings. The van der Waals surface area contributed by atoms with E-state index in [0.29, 0.717) is 13.0 Å². The van der Waals surface area contributed by atoms with Crippen molar-refractivity contribution in [3.63, 3.8) is 0 Å². The van der Waals surface area contributed by atoms with Gasteiger partial charge in [-0.05, 0) is 48.2 Å². The Kier molecular flexibility index (Phi) is 5.27. The summed E-state index contributed by atoms with van der Waals surface area (Å²) in [6.45, 7) is 4.23. The molecule has 2 N–H and O–H groups in total. The van der Waals surface area contributed by atoms with Gasteiger partial charge in [-0.1, -0.05) is 38.1 Å². The van der Waals surface area contributed by atoms with Crippen LogP contribution in [0.2, 0.25) is 0 Å². The summed E-state index contributed by atoms with van der Waals surface area (Å²) in [6, 6.07) is 13.2. The minimum atomic E-state index is -0.962. The SMILES string of the molecule is CCCOC(=O)C(CC)(c1ccc(O)cc1)c1ccc(O)cc1. The lowest BCUT2D eigenvalue weighted by molar-refractivity contribution is -0.149. The zero-order valence-corrected chi connectivity index (χ0v) is 13.5. The number of rotatable bonds is 6. The summed E-state index contributed by atoms with van der Waals surface area (Å²) < 4.78 is 5.45. The number of carbonyl (C=O) groups excluding carboxylic acids is 1. The van der Waals surface area contributed by atoms with Crippen molar-refractivity contribution in [1.82, 2.24) is 0 Å². The summed E-state index contributed by atoms with van der Waals surface area (Å²) in [5, 5.41) is 19.1. The first-order chi connectivity index (χ1) is 11.0. The Balaban J connectivity index is 2.58. The van der Waals surface area contributed by atoms with Crippen molar-refractivity contribution in [3.8, 4) is 11.5 Å². The van der Waals surface area contributed by atoms with Gasteiger partial charge in [0.15, 0.2) is 0 Å². The maximum absolute atomic E-state index is 12.9. The lowest BCUT2D eigenvalue weighted by atomic mass is 9.72. The molecule has 23 heavy (non-hydrogen) atoms. The predicted octanol–water partition coefficient (Wildman–Crippen LogP) is 3.75. The number of esters is 1. The highest BCUT2D eigenvalue weighted by molar-refractivity contribution is 5.87. The Hall–Kier alpha value is -2.49. The van der Waals surface area contributed by atoms with Crippen LogP contribution in [-0.2, 0) is 14.9 Å². The van der Waals surface area contributed by atoms with Crippen molar-refractivity contribution in [2.45, 2.75) is 32.1 Å². The monoisotopic (exact) mass is 314 g/mol. The molecule has 0 amide bonds. The van der Waals surface area contributed by atoms with E-state index in [2.05, 4.69) is 0 Å². The van der Waals surface area contributed by atoms with Gasteiger partial charge in [0.05, 0.1) is 6.61 Å². The number of phenolic OH excluding ortho intramolecular Hbond substituents is 2. The quantitative estimate of drug-likeness (QED) is 0.797. The van der Waals surface area contributed by atoms with Crippen LogP contribution in [0, 0.1) is 0 Å². The molecule has 0 spiro atoms. The van der Waals surface area contributed by atoms with Crippen LogP contribution in [0.25, 0.3) is 0 Å². The minimum Gasteiger partial charge on any atom is -0.508 e.